The summed E-state index contributed by atoms with van der Waals surface area (Å²) in [5.41, 5.74) is 6.92. The van der Waals surface area contributed by atoms with Crippen molar-refractivity contribution in [3.8, 4) is 0 Å². The molecule has 5 rings (SSSR count). The number of piperidine rings is 1. The van der Waals surface area contributed by atoms with Gasteiger partial charge in [-0.25, -0.2) is 9.50 Å². The zero-order valence-corrected chi connectivity index (χ0v) is 22.3. The fourth-order valence-electron chi connectivity index (χ4n) is 5.63. The van der Waals surface area contributed by atoms with Gasteiger partial charge in [-0.05, 0) is 68.7 Å². The molecule has 0 bridgehead atoms. The van der Waals surface area contributed by atoms with Gasteiger partial charge in [-0.3, -0.25) is 9.59 Å². The predicted molar refractivity (Wildman–Crippen MR) is 147 cm³/mol. The summed E-state index contributed by atoms with van der Waals surface area (Å²) in [5.74, 6) is 0.944. The number of nitrogens with zero attached hydrogens (tertiary/aromatic N) is 4. The van der Waals surface area contributed by atoms with Crippen LogP contribution in [0.25, 0.3) is 16.6 Å². The Hall–Kier alpha value is -3.54. The van der Waals surface area contributed by atoms with Gasteiger partial charge in [-0.15, -0.1) is 0 Å². The maximum atomic E-state index is 13.1. The lowest BCUT2D eigenvalue weighted by atomic mass is 9.88. The fourth-order valence-corrected chi connectivity index (χ4v) is 5.63. The minimum absolute atomic E-state index is 0.00922. The van der Waals surface area contributed by atoms with E-state index in [2.05, 4.69) is 32.9 Å². The molecule has 0 atom stereocenters. The van der Waals surface area contributed by atoms with E-state index in [0.29, 0.717) is 31.8 Å². The number of aryl methyl sites for hydroxylation is 2. The molecule has 2 aromatic heterocycles. The molecule has 37 heavy (non-hydrogen) atoms. The topological polar surface area (TPSA) is 67.6 Å². The summed E-state index contributed by atoms with van der Waals surface area (Å²) < 4.78 is 1.91. The first-order valence-electron chi connectivity index (χ1n) is 13.5. The second kappa shape index (κ2) is 10.4. The first kappa shape index (κ1) is 25.1. The Labute approximate surface area is 218 Å². The van der Waals surface area contributed by atoms with E-state index < -0.39 is 0 Å². The van der Waals surface area contributed by atoms with Crippen LogP contribution in [0.15, 0.2) is 48.5 Å². The van der Waals surface area contributed by atoms with Crippen molar-refractivity contribution >= 4 is 28.2 Å². The molecule has 1 aliphatic heterocycles. The Balaban J connectivity index is 1.19. The first-order chi connectivity index (χ1) is 17.8. The van der Waals surface area contributed by atoms with Gasteiger partial charge in [-0.2, -0.15) is 5.10 Å². The molecule has 1 aliphatic rings. The molecule has 0 unspecified atom stereocenters. The van der Waals surface area contributed by atoms with Gasteiger partial charge in [0.2, 0.25) is 5.91 Å². The average Bonchev–Trinajstić information content (AvgIpc) is 3.27. The van der Waals surface area contributed by atoms with Crippen molar-refractivity contribution in [3.05, 3.63) is 76.6 Å². The van der Waals surface area contributed by atoms with E-state index in [-0.39, 0.29) is 17.6 Å². The molecule has 6 heteroatoms. The van der Waals surface area contributed by atoms with Crippen LogP contribution in [-0.2, 0) is 17.6 Å². The summed E-state index contributed by atoms with van der Waals surface area (Å²) in [6.45, 7) is 9.75. The van der Waals surface area contributed by atoms with Gasteiger partial charge in [0.25, 0.3) is 0 Å². The van der Waals surface area contributed by atoms with Crippen LogP contribution in [0, 0.1) is 25.7 Å². The predicted octanol–water partition coefficient (Wildman–Crippen LogP) is 5.75. The summed E-state index contributed by atoms with van der Waals surface area (Å²) in [4.78, 5) is 32.9. The molecule has 2 aromatic carbocycles. The highest BCUT2D eigenvalue weighted by Crippen LogP contribution is 2.25. The summed E-state index contributed by atoms with van der Waals surface area (Å²) in [6, 6.07) is 16.1. The number of carbonyl (C=O) groups is 2. The van der Waals surface area contributed by atoms with E-state index >= 15 is 0 Å². The van der Waals surface area contributed by atoms with Crippen molar-refractivity contribution in [1.82, 2.24) is 19.5 Å². The molecule has 1 amide bonds. The lowest BCUT2D eigenvalue weighted by molar-refractivity contribution is -0.132. The van der Waals surface area contributed by atoms with Crippen molar-refractivity contribution in [1.29, 1.82) is 0 Å². The molecule has 0 aliphatic carbocycles. The molecule has 4 aromatic rings. The van der Waals surface area contributed by atoms with Crippen molar-refractivity contribution < 1.29 is 9.59 Å². The van der Waals surface area contributed by atoms with Crippen molar-refractivity contribution in [2.24, 2.45) is 11.8 Å². The van der Waals surface area contributed by atoms with E-state index in [1.165, 1.54) is 5.56 Å². The lowest BCUT2D eigenvalue weighted by Gasteiger charge is -2.31. The molecule has 0 N–H and O–H groups in total. The Bertz CT molecular complexity index is 1440. The molecular weight excluding hydrogens is 460 g/mol. The van der Waals surface area contributed by atoms with E-state index in [1.807, 2.05) is 52.7 Å². The molecular formula is C31H36N4O2. The number of aromatic nitrogens is 3. The van der Waals surface area contributed by atoms with Gasteiger partial charge in [0, 0.05) is 47.8 Å². The quantitative estimate of drug-likeness (QED) is 0.306. The van der Waals surface area contributed by atoms with Crippen LogP contribution in [-0.4, -0.2) is 44.3 Å². The molecule has 0 spiro atoms. The normalized spacial score (nSPS) is 14.7. The Morgan fingerprint density at radius 2 is 1.70 bits per heavy atom. The van der Waals surface area contributed by atoms with Crippen LogP contribution in [0.4, 0.5) is 0 Å². The van der Waals surface area contributed by atoms with E-state index in [0.717, 1.165) is 58.3 Å². The first-order valence-corrected chi connectivity index (χ1v) is 13.5. The van der Waals surface area contributed by atoms with Gasteiger partial charge < -0.3 is 4.90 Å². The fraction of sp³-hybridized carbons (Fsp3) is 0.419. The average molecular weight is 497 g/mol. The summed E-state index contributed by atoms with van der Waals surface area (Å²) in [6.07, 6.45) is 3.55. The summed E-state index contributed by atoms with van der Waals surface area (Å²) in [5, 5.41) is 5.77. The van der Waals surface area contributed by atoms with Crippen LogP contribution >= 0.6 is 0 Å². The smallest absolute Gasteiger partial charge is 0.222 e. The number of hydrogen-bond acceptors (Lipinski definition) is 4. The molecule has 0 saturated carbocycles. The Morgan fingerprint density at radius 1 is 1.00 bits per heavy atom. The lowest BCUT2D eigenvalue weighted by Crippen LogP contribution is -2.40. The highest BCUT2D eigenvalue weighted by molar-refractivity contribution is 5.98. The van der Waals surface area contributed by atoms with Gasteiger partial charge in [0.05, 0.1) is 5.52 Å². The summed E-state index contributed by atoms with van der Waals surface area (Å²) in [7, 11) is 0. The highest BCUT2D eigenvalue weighted by Gasteiger charge is 2.28. The number of likely N-dealkylation sites (tertiary alicyclic amines) is 1. The van der Waals surface area contributed by atoms with Crippen LogP contribution < -0.4 is 0 Å². The largest absolute Gasteiger partial charge is 0.343 e. The van der Waals surface area contributed by atoms with Crippen molar-refractivity contribution in [2.75, 3.05) is 13.1 Å². The molecule has 6 nitrogen and oxygen atoms in total. The number of hydrogen-bond donors (Lipinski definition) is 0. The van der Waals surface area contributed by atoms with Gasteiger partial charge >= 0.3 is 0 Å². The second-order valence-corrected chi connectivity index (χ2v) is 10.8. The highest BCUT2D eigenvalue weighted by atomic mass is 16.2. The molecule has 1 fully saturated rings. The number of rotatable bonds is 7. The molecule has 192 valence electrons. The summed E-state index contributed by atoms with van der Waals surface area (Å²) >= 11 is 0. The van der Waals surface area contributed by atoms with E-state index in [1.54, 1.807) is 0 Å². The minimum atomic E-state index is -0.00922. The number of ketones is 1. The second-order valence-electron chi connectivity index (χ2n) is 10.8. The third-order valence-electron chi connectivity index (χ3n) is 7.71. The monoisotopic (exact) mass is 496 g/mol. The zero-order chi connectivity index (χ0) is 26.1. The third-order valence-corrected chi connectivity index (χ3v) is 7.71. The SMILES string of the molecule is Cc1nc2c3ccccc3nn2c(C)c1CCC(=O)N1CCC(C(=O)c2ccc(CC(C)C)cc2)CC1. The number of carbonyl (C=O) groups excluding carboxylic acids is 2. The number of benzene rings is 2. The van der Waals surface area contributed by atoms with Crippen LogP contribution in [0.3, 0.4) is 0 Å². The van der Waals surface area contributed by atoms with Crippen molar-refractivity contribution in [2.45, 2.75) is 59.8 Å². The van der Waals surface area contributed by atoms with E-state index in [9.17, 15) is 9.59 Å². The minimum Gasteiger partial charge on any atom is -0.343 e. The maximum absolute atomic E-state index is 13.1. The molecule has 1 saturated heterocycles. The third kappa shape index (κ3) is 5.15. The maximum Gasteiger partial charge on any atom is 0.222 e. The standard InChI is InChI=1S/C31H36N4O2/c1-20(2)19-23-9-11-24(12-10-23)30(37)25-15-17-34(18-16-25)29(36)14-13-26-21(3)32-31-27-7-5-6-8-28(27)33-35(31)22(26)4/h5-12,20,25H,13-19H2,1-4H3. The van der Waals surface area contributed by atoms with Crippen LogP contribution in [0.2, 0.25) is 0 Å². The Morgan fingerprint density at radius 3 is 2.41 bits per heavy atom. The van der Waals surface area contributed by atoms with Gasteiger partial charge in [0.15, 0.2) is 11.4 Å². The molecule has 3 heterocycles. The molecule has 0 radical (unpaired) electrons. The van der Waals surface area contributed by atoms with Gasteiger partial charge in [-0.1, -0.05) is 50.2 Å². The van der Waals surface area contributed by atoms with Crippen LogP contribution in [0.1, 0.15) is 66.0 Å². The number of Topliss-reactive ketones (excluding diaryl/α,β-unsaturated/α-hetero) is 1. The van der Waals surface area contributed by atoms with Crippen molar-refractivity contribution in [3.63, 3.8) is 0 Å². The number of fused-ring (bicyclic) bond motifs is 3. The Kier molecular flexibility index (Phi) is 7.09. The zero-order valence-electron chi connectivity index (χ0n) is 22.3. The van der Waals surface area contributed by atoms with Gasteiger partial charge in [0.1, 0.15) is 0 Å². The number of amides is 1. The van der Waals surface area contributed by atoms with E-state index in [4.69, 9.17) is 10.1 Å². The van der Waals surface area contributed by atoms with Crippen LogP contribution in [0.5, 0.6) is 0 Å².